The molecule has 0 bridgehead atoms. The first-order valence-electron chi connectivity index (χ1n) is 9.04. The van der Waals surface area contributed by atoms with Crippen molar-refractivity contribution in [3.05, 3.63) is 29.8 Å². The maximum Gasteiger partial charge on any atom is 0.222 e. The number of amides is 2. The molecule has 1 saturated heterocycles. The van der Waals surface area contributed by atoms with Crippen LogP contribution in [0.25, 0.3) is 0 Å². The molecule has 1 aliphatic rings. The number of carbonyl (C=O) groups is 2. The summed E-state index contributed by atoms with van der Waals surface area (Å²) in [7, 11) is 1.61. The Balaban J connectivity index is 1.73. The van der Waals surface area contributed by atoms with Crippen molar-refractivity contribution in [2.45, 2.75) is 19.9 Å². The highest BCUT2D eigenvalue weighted by Gasteiger charge is 2.15. The van der Waals surface area contributed by atoms with Crippen molar-refractivity contribution >= 4 is 11.8 Å². The van der Waals surface area contributed by atoms with Crippen molar-refractivity contribution in [2.24, 2.45) is 0 Å². The summed E-state index contributed by atoms with van der Waals surface area (Å²) < 4.78 is 10.6. The summed E-state index contributed by atoms with van der Waals surface area (Å²) in [5.41, 5.74) is 0.930. The Morgan fingerprint density at radius 3 is 2.65 bits per heavy atom. The molecule has 1 fully saturated rings. The van der Waals surface area contributed by atoms with Gasteiger partial charge in [0, 0.05) is 58.2 Å². The monoisotopic (exact) mass is 363 g/mol. The summed E-state index contributed by atoms with van der Waals surface area (Å²) in [4.78, 5) is 28.0. The highest BCUT2D eigenvalue weighted by molar-refractivity contribution is 5.78. The Morgan fingerprint density at radius 2 is 1.96 bits per heavy atom. The first-order valence-corrected chi connectivity index (χ1v) is 9.04. The van der Waals surface area contributed by atoms with E-state index in [1.165, 1.54) is 0 Å². The average Bonchev–Trinajstić information content (AvgIpc) is 2.67. The normalized spacial score (nSPS) is 14.7. The first kappa shape index (κ1) is 20.2. The van der Waals surface area contributed by atoms with Crippen LogP contribution in [0.2, 0.25) is 0 Å². The minimum atomic E-state index is -0.0754. The van der Waals surface area contributed by atoms with Crippen LogP contribution in [0.4, 0.5) is 0 Å². The Kier molecular flexibility index (Phi) is 8.37. The number of hydrogen-bond donors (Lipinski definition) is 1. The van der Waals surface area contributed by atoms with Gasteiger partial charge in [-0.2, -0.15) is 0 Å². The zero-order valence-electron chi connectivity index (χ0n) is 15.7. The van der Waals surface area contributed by atoms with Gasteiger partial charge in [0.05, 0.1) is 20.3 Å². The third-order valence-electron chi connectivity index (χ3n) is 4.51. The molecule has 0 saturated carbocycles. The van der Waals surface area contributed by atoms with Gasteiger partial charge in [-0.05, 0) is 6.07 Å². The Hall–Kier alpha value is -2.12. The fraction of sp³-hybridized carbons (Fsp3) is 0.579. The van der Waals surface area contributed by atoms with Crippen LogP contribution in [0.3, 0.4) is 0 Å². The number of methoxy groups -OCH3 is 1. The highest BCUT2D eigenvalue weighted by atomic mass is 16.5. The summed E-state index contributed by atoms with van der Waals surface area (Å²) in [6.07, 6.45) is 0.290. The quantitative estimate of drug-likeness (QED) is 0.705. The largest absolute Gasteiger partial charge is 0.496 e. The summed E-state index contributed by atoms with van der Waals surface area (Å²) >= 11 is 0. The molecule has 0 aliphatic carbocycles. The standard InChI is InChI=1S/C19H29N3O4/c1-16(23)22(10-9-21-11-13-26-14-12-21)8-7-19(24)20-15-17-5-3-4-6-18(17)25-2/h3-6H,7-15H2,1-2H3,(H,20,24). The van der Waals surface area contributed by atoms with Crippen molar-refractivity contribution in [3.8, 4) is 5.75 Å². The molecule has 1 aromatic rings. The summed E-state index contributed by atoms with van der Waals surface area (Å²) in [6, 6.07) is 7.59. The highest BCUT2D eigenvalue weighted by Crippen LogP contribution is 2.16. The summed E-state index contributed by atoms with van der Waals surface area (Å²) in [5.74, 6) is 0.674. The molecule has 7 heteroatoms. The van der Waals surface area contributed by atoms with Gasteiger partial charge in [0.1, 0.15) is 5.75 Å². The SMILES string of the molecule is COc1ccccc1CNC(=O)CCN(CCN1CCOCC1)C(C)=O. The summed E-state index contributed by atoms with van der Waals surface area (Å²) in [5, 5.41) is 2.89. The van der Waals surface area contributed by atoms with Crippen molar-refractivity contribution in [2.75, 3.05) is 53.0 Å². The molecule has 1 heterocycles. The smallest absolute Gasteiger partial charge is 0.222 e. The molecule has 1 aromatic carbocycles. The average molecular weight is 363 g/mol. The van der Waals surface area contributed by atoms with Crippen molar-refractivity contribution in [3.63, 3.8) is 0 Å². The van der Waals surface area contributed by atoms with Crippen LogP contribution < -0.4 is 10.1 Å². The van der Waals surface area contributed by atoms with E-state index in [2.05, 4.69) is 10.2 Å². The second-order valence-electron chi connectivity index (χ2n) is 6.30. The lowest BCUT2D eigenvalue weighted by Gasteiger charge is -2.29. The van der Waals surface area contributed by atoms with Crippen LogP contribution in [-0.2, 0) is 20.9 Å². The molecule has 0 aromatic heterocycles. The van der Waals surface area contributed by atoms with Gasteiger partial charge in [-0.25, -0.2) is 0 Å². The molecular weight excluding hydrogens is 334 g/mol. The van der Waals surface area contributed by atoms with Crippen LogP contribution in [-0.4, -0.2) is 74.7 Å². The van der Waals surface area contributed by atoms with E-state index in [9.17, 15) is 9.59 Å². The minimum Gasteiger partial charge on any atom is -0.496 e. The van der Waals surface area contributed by atoms with Gasteiger partial charge >= 0.3 is 0 Å². The second-order valence-corrected chi connectivity index (χ2v) is 6.30. The molecule has 0 unspecified atom stereocenters. The van der Waals surface area contributed by atoms with Crippen LogP contribution >= 0.6 is 0 Å². The summed E-state index contributed by atoms with van der Waals surface area (Å²) in [6.45, 7) is 7.11. The van der Waals surface area contributed by atoms with Gasteiger partial charge in [-0.15, -0.1) is 0 Å². The van der Waals surface area contributed by atoms with E-state index in [4.69, 9.17) is 9.47 Å². The molecule has 0 radical (unpaired) electrons. The molecule has 26 heavy (non-hydrogen) atoms. The predicted octanol–water partition coefficient (Wildman–Crippen LogP) is 0.882. The van der Waals surface area contributed by atoms with Crippen LogP contribution in [0, 0.1) is 0 Å². The molecule has 0 spiro atoms. The van der Waals surface area contributed by atoms with E-state index in [0.29, 0.717) is 19.6 Å². The third kappa shape index (κ3) is 6.65. The number of rotatable bonds is 9. The van der Waals surface area contributed by atoms with E-state index in [0.717, 1.165) is 44.2 Å². The fourth-order valence-electron chi connectivity index (χ4n) is 2.88. The predicted molar refractivity (Wildman–Crippen MR) is 99.0 cm³/mol. The molecule has 7 nitrogen and oxygen atoms in total. The Labute approximate surface area is 155 Å². The maximum atomic E-state index is 12.1. The maximum absolute atomic E-state index is 12.1. The van der Waals surface area contributed by atoms with E-state index >= 15 is 0 Å². The van der Waals surface area contributed by atoms with E-state index < -0.39 is 0 Å². The minimum absolute atomic E-state index is 0.00390. The van der Waals surface area contributed by atoms with Crippen molar-refractivity contribution in [1.82, 2.24) is 15.1 Å². The van der Waals surface area contributed by atoms with E-state index in [-0.39, 0.29) is 18.2 Å². The molecule has 144 valence electrons. The van der Waals surface area contributed by atoms with Gasteiger partial charge in [-0.3, -0.25) is 14.5 Å². The number of nitrogens with zero attached hydrogens (tertiary/aromatic N) is 2. The molecule has 0 atom stereocenters. The number of morpholine rings is 1. The van der Waals surface area contributed by atoms with E-state index in [1.807, 2.05) is 24.3 Å². The third-order valence-corrected chi connectivity index (χ3v) is 4.51. The van der Waals surface area contributed by atoms with Crippen LogP contribution in [0.15, 0.2) is 24.3 Å². The molecular formula is C19H29N3O4. The van der Waals surface area contributed by atoms with Gasteiger partial charge < -0.3 is 19.7 Å². The number of carbonyl (C=O) groups excluding carboxylic acids is 2. The lowest BCUT2D eigenvalue weighted by atomic mass is 10.2. The van der Waals surface area contributed by atoms with Gasteiger partial charge in [0.2, 0.25) is 11.8 Å². The molecule has 1 N–H and O–H groups in total. The molecule has 2 rings (SSSR count). The fourth-order valence-corrected chi connectivity index (χ4v) is 2.88. The molecule has 1 aliphatic heterocycles. The number of ether oxygens (including phenoxy) is 2. The van der Waals surface area contributed by atoms with Crippen LogP contribution in [0.1, 0.15) is 18.9 Å². The van der Waals surface area contributed by atoms with Gasteiger partial charge in [-0.1, -0.05) is 18.2 Å². The zero-order valence-corrected chi connectivity index (χ0v) is 15.7. The van der Waals surface area contributed by atoms with Crippen LogP contribution in [0.5, 0.6) is 5.75 Å². The van der Waals surface area contributed by atoms with Crippen molar-refractivity contribution in [1.29, 1.82) is 0 Å². The number of benzene rings is 1. The second kappa shape index (κ2) is 10.8. The first-order chi connectivity index (χ1) is 12.6. The van der Waals surface area contributed by atoms with Gasteiger partial charge in [0.25, 0.3) is 0 Å². The van der Waals surface area contributed by atoms with Crippen molar-refractivity contribution < 1.29 is 19.1 Å². The lowest BCUT2D eigenvalue weighted by molar-refractivity contribution is -0.130. The number of hydrogen-bond acceptors (Lipinski definition) is 5. The lowest BCUT2D eigenvalue weighted by Crippen LogP contribution is -2.43. The Morgan fingerprint density at radius 1 is 1.23 bits per heavy atom. The topological polar surface area (TPSA) is 71.1 Å². The van der Waals surface area contributed by atoms with Gasteiger partial charge in [0.15, 0.2) is 0 Å². The number of para-hydroxylation sites is 1. The van der Waals surface area contributed by atoms with E-state index in [1.54, 1.807) is 18.9 Å². The Bertz CT molecular complexity index is 588. The molecule has 2 amide bonds. The number of nitrogens with one attached hydrogen (secondary N) is 1. The zero-order chi connectivity index (χ0) is 18.8.